The highest BCUT2D eigenvalue weighted by Gasteiger charge is 2.19. The topological polar surface area (TPSA) is 89.0 Å². The lowest BCUT2D eigenvalue weighted by Crippen LogP contribution is -2.27. The van der Waals surface area contributed by atoms with Gasteiger partial charge in [-0.1, -0.05) is 48.5 Å². The predicted molar refractivity (Wildman–Crippen MR) is 150 cm³/mol. The molecule has 0 aliphatic carbocycles. The van der Waals surface area contributed by atoms with Gasteiger partial charge < -0.3 is 9.47 Å². The molecule has 7 nitrogen and oxygen atoms in total. The summed E-state index contributed by atoms with van der Waals surface area (Å²) in [6.07, 6.45) is -1.04. The van der Waals surface area contributed by atoms with Gasteiger partial charge in [-0.15, -0.1) is 0 Å². The second-order valence-electron chi connectivity index (χ2n) is 10.5. The summed E-state index contributed by atoms with van der Waals surface area (Å²) in [7, 11) is 1.74. The van der Waals surface area contributed by atoms with Crippen LogP contribution in [0.5, 0.6) is 0 Å². The summed E-state index contributed by atoms with van der Waals surface area (Å²) in [6.45, 7) is 10.9. The lowest BCUT2D eigenvalue weighted by Gasteiger charge is -2.20. The van der Waals surface area contributed by atoms with Gasteiger partial charge in [-0.3, -0.25) is 15.6 Å². The number of hydrogen-bond acceptors (Lipinski definition) is 5. The fraction of sp³-hybridized carbons (Fsp3) is 0.300. The number of hydrogen-bond donors (Lipinski definition) is 2. The lowest BCUT2D eigenvalue weighted by atomic mass is 9.92. The van der Waals surface area contributed by atoms with E-state index >= 15 is 0 Å². The Labute approximate surface area is 218 Å². The smallest absolute Gasteiger partial charge is 0.412 e. The molecule has 0 aromatic heterocycles. The van der Waals surface area contributed by atoms with Crippen molar-refractivity contribution in [1.82, 2.24) is 0 Å². The molecule has 7 heteroatoms. The summed E-state index contributed by atoms with van der Waals surface area (Å²) in [4.78, 5) is 29.1. The van der Waals surface area contributed by atoms with Crippen LogP contribution in [0.2, 0.25) is 0 Å². The van der Waals surface area contributed by atoms with Crippen LogP contribution in [0, 0.1) is 0 Å². The molecule has 0 fully saturated rings. The molecule has 2 N–H and O–H groups in total. The van der Waals surface area contributed by atoms with Crippen LogP contribution in [0.1, 0.15) is 52.7 Å². The van der Waals surface area contributed by atoms with Gasteiger partial charge in [0, 0.05) is 29.5 Å². The second kappa shape index (κ2) is 11.3. The van der Waals surface area contributed by atoms with Gasteiger partial charge in [0.15, 0.2) is 0 Å². The molecule has 0 heterocycles. The molecule has 0 saturated heterocycles. The first-order valence-electron chi connectivity index (χ1n) is 12.1. The van der Waals surface area contributed by atoms with Crippen LogP contribution in [0.3, 0.4) is 0 Å². The number of nitrogens with one attached hydrogen (secondary N) is 2. The lowest BCUT2D eigenvalue weighted by molar-refractivity contribution is 0.0624. The molecular weight excluding hydrogens is 466 g/mol. The van der Waals surface area contributed by atoms with Crippen molar-refractivity contribution in [3.8, 4) is 11.1 Å². The van der Waals surface area contributed by atoms with E-state index < -0.39 is 23.4 Å². The van der Waals surface area contributed by atoms with Gasteiger partial charge in [-0.25, -0.2) is 9.59 Å². The highest BCUT2D eigenvalue weighted by molar-refractivity contribution is 6.17. The van der Waals surface area contributed by atoms with Gasteiger partial charge in [0.25, 0.3) is 0 Å². The van der Waals surface area contributed by atoms with Crippen LogP contribution in [0.4, 0.5) is 21.0 Å². The van der Waals surface area contributed by atoms with Gasteiger partial charge in [-0.2, -0.15) is 0 Å². The predicted octanol–water partition coefficient (Wildman–Crippen LogP) is 7.51. The molecule has 0 spiro atoms. The average Bonchev–Trinajstić information content (AvgIpc) is 2.79. The van der Waals surface area contributed by atoms with Crippen molar-refractivity contribution in [2.24, 2.45) is 4.99 Å². The van der Waals surface area contributed by atoms with E-state index in [0.717, 1.165) is 28.0 Å². The van der Waals surface area contributed by atoms with E-state index in [0.29, 0.717) is 11.4 Å². The number of rotatable bonds is 5. The van der Waals surface area contributed by atoms with Gasteiger partial charge in [0.05, 0.1) is 5.71 Å². The quantitative estimate of drug-likeness (QED) is 0.354. The van der Waals surface area contributed by atoms with E-state index in [1.54, 1.807) is 7.05 Å². The second-order valence-corrected chi connectivity index (χ2v) is 10.5. The van der Waals surface area contributed by atoms with Gasteiger partial charge in [-0.05, 0) is 76.9 Å². The van der Waals surface area contributed by atoms with E-state index in [-0.39, 0.29) is 0 Å². The van der Waals surface area contributed by atoms with Crippen LogP contribution < -0.4 is 10.6 Å². The minimum absolute atomic E-state index is 0.511. The highest BCUT2D eigenvalue weighted by Crippen LogP contribution is 2.30. The number of aliphatic imine (C=N–C) groups is 1. The van der Waals surface area contributed by atoms with E-state index in [1.165, 1.54) is 0 Å². The zero-order valence-electron chi connectivity index (χ0n) is 22.5. The molecular formula is C30H35N3O4. The molecule has 194 valence electrons. The summed E-state index contributed by atoms with van der Waals surface area (Å²) < 4.78 is 10.8. The summed E-state index contributed by atoms with van der Waals surface area (Å²) in [5.41, 5.74) is 4.43. The summed E-state index contributed by atoms with van der Waals surface area (Å²) >= 11 is 0. The van der Waals surface area contributed by atoms with Gasteiger partial charge in [0.2, 0.25) is 0 Å². The fourth-order valence-corrected chi connectivity index (χ4v) is 3.65. The van der Waals surface area contributed by atoms with Gasteiger partial charge in [0.1, 0.15) is 11.2 Å². The Hall–Kier alpha value is -4.13. The molecule has 0 unspecified atom stereocenters. The molecule has 0 atom stereocenters. The van der Waals surface area contributed by atoms with Crippen molar-refractivity contribution in [3.63, 3.8) is 0 Å². The third kappa shape index (κ3) is 8.20. The number of carbonyl (C=O) groups is 2. The van der Waals surface area contributed by atoms with E-state index in [4.69, 9.17) is 9.47 Å². The maximum Gasteiger partial charge on any atom is 0.412 e. The fourth-order valence-electron chi connectivity index (χ4n) is 3.65. The molecule has 0 bridgehead atoms. The molecule has 0 radical (unpaired) electrons. The third-order valence-corrected chi connectivity index (χ3v) is 5.03. The molecule has 0 aliphatic heterocycles. The molecule has 0 aliphatic rings. The number of carbonyl (C=O) groups excluding carboxylic acids is 2. The van der Waals surface area contributed by atoms with Gasteiger partial charge >= 0.3 is 12.2 Å². The molecule has 3 aromatic rings. The summed E-state index contributed by atoms with van der Waals surface area (Å²) in [6, 6.07) is 23.0. The molecule has 3 rings (SSSR count). The monoisotopic (exact) mass is 501 g/mol. The summed E-state index contributed by atoms with van der Waals surface area (Å²) in [5, 5.41) is 5.57. The van der Waals surface area contributed by atoms with Crippen molar-refractivity contribution in [1.29, 1.82) is 0 Å². The molecule has 37 heavy (non-hydrogen) atoms. The molecule has 0 saturated carbocycles. The van der Waals surface area contributed by atoms with Crippen molar-refractivity contribution < 1.29 is 19.1 Å². The van der Waals surface area contributed by atoms with Crippen molar-refractivity contribution >= 4 is 29.3 Å². The normalized spacial score (nSPS) is 12.0. The van der Waals surface area contributed by atoms with Crippen molar-refractivity contribution in [3.05, 3.63) is 83.9 Å². The van der Waals surface area contributed by atoms with Crippen molar-refractivity contribution in [2.45, 2.75) is 52.7 Å². The first kappa shape index (κ1) is 27.5. The van der Waals surface area contributed by atoms with E-state index in [1.807, 2.05) is 114 Å². The number of amides is 2. The zero-order valence-corrected chi connectivity index (χ0v) is 22.5. The Morgan fingerprint density at radius 3 is 1.73 bits per heavy atom. The first-order chi connectivity index (χ1) is 17.3. The Morgan fingerprint density at radius 1 is 0.703 bits per heavy atom. The Kier molecular flexibility index (Phi) is 8.38. The largest absolute Gasteiger partial charge is 0.444 e. The van der Waals surface area contributed by atoms with Crippen LogP contribution >= 0.6 is 0 Å². The molecule has 2 amide bonds. The molecule has 3 aromatic carbocycles. The number of anilines is 2. The van der Waals surface area contributed by atoms with Crippen LogP contribution in [-0.4, -0.2) is 36.1 Å². The standard InChI is InChI=1S/C30H35N3O4/c1-29(2,3)36-27(34)32-22-15-13-20(14-16-22)24-18-17-23(33-28(35)37-30(4,5)6)19-25(24)26(31-7)21-11-9-8-10-12-21/h8-19H,1-7H3,(H,32,34)(H,33,35). The van der Waals surface area contributed by atoms with Crippen LogP contribution in [0.15, 0.2) is 77.8 Å². The van der Waals surface area contributed by atoms with E-state index in [9.17, 15) is 9.59 Å². The number of nitrogens with zero attached hydrogens (tertiary/aromatic N) is 1. The maximum absolute atomic E-state index is 12.4. The Balaban J connectivity index is 1.97. The number of benzene rings is 3. The van der Waals surface area contributed by atoms with Crippen LogP contribution in [-0.2, 0) is 9.47 Å². The van der Waals surface area contributed by atoms with Crippen LogP contribution in [0.25, 0.3) is 11.1 Å². The SMILES string of the molecule is CN=C(c1ccccc1)c1cc(NC(=O)OC(C)(C)C)ccc1-c1ccc(NC(=O)OC(C)(C)C)cc1. The summed E-state index contributed by atoms with van der Waals surface area (Å²) in [5.74, 6) is 0. The zero-order chi connectivity index (χ0) is 27.2. The number of ether oxygens (including phenoxy) is 2. The maximum atomic E-state index is 12.4. The van der Waals surface area contributed by atoms with Crippen molar-refractivity contribution in [2.75, 3.05) is 17.7 Å². The minimum atomic E-state index is -0.609. The van der Waals surface area contributed by atoms with E-state index in [2.05, 4.69) is 15.6 Å². The Morgan fingerprint density at radius 2 is 1.22 bits per heavy atom. The minimum Gasteiger partial charge on any atom is -0.444 e. The highest BCUT2D eigenvalue weighted by atomic mass is 16.6. The first-order valence-corrected chi connectivity index (χ1v) is 12.1. The average molecular weight is 502 g/mol. The Bertz CT molecular complexity index is 1270. The third-order valence-electron chi connectivity index (χ3n) is 5.03.